The Bertz CT molecular complexity index is 448. The fourth-order valence-electron chi connectivity index (χ4n) is 1.25. The first-order valence-corrected chi connectivity index (χ1v) is 4.77. The molecule has 0 atom stereocenters. The van der Waals surface area contributed by atoms with Crippen LogP contribution in [0, 0.1) is 13.8 Å². The van der Waals surface area contributed by atoms with E-state index >= 15 is 0 Å². The fourth-order valence-corrected chi connectivity index (χ4v) is 1.25. The Balaban J connectivity index is 2.22. The number of benzene rings is 1. The van der Waals surface area contributed by atoms with Gasteiger partial charge in [0.05, 0.1) is 5.69 Å². The number of aryl methyl sites for hydroxylation is 1. The molecular formula is C13H12NO. The SMILES string of the molecule is [CH2]c1ncccc1Oc1ccc(C)cc1. The first-order valence-electron chi connectivity index (χ1n) is 4.77. The van der Waals surface area contributed by atoms with Crippen LogP contribution >= 0.6 is 0 Å². The maximum atomic E-state index is 5.64. The molecule has 0 saturated carbocycles. The number of ether oxygens (including phenoxy) is 1. The predicted octanol–water partition coefficient (Wildman–Crippen LogP) is 3.36. The van der Waals surface area contributed by atoms with E-state index in [0.29, 0.717) is 11.4 Å². The monoisotopic (exact) mass is 198 g/mol. The van der Waals surface area contributed by atoms with E-state index in [2.05, 4.69) is 11.9 Å². The van der Waals surface area contributed by atoms with Crippen molar-refractivity contribution in [1.29, 1.82) is 0 Å². The highest BCUT2D eigenvalue weighted by molar-refractivity contribution is 5.35. The van der Waals surface area contributed by atoms with Crippen LogP contribution < -0.4 is 4.74 Å². The van der Waals surface area contributed by atoms with Gasteiger partial charge in [-0.25, -0.2) is 0 Å². The zero-order valence-corrected chi connectivity index (χ0v) is 8.60. The summed E-state index contributed by atoms with van der Waals surface area (Å²) in [6.07, 6.45) is 1.70. The third-order valence-corrected chi connectivity index (χ3v) is 2.10. The average molecular weight is 198 g/mol. The minimum Gasteiger partial charge on any atom is -0.455 e. The summed E-state index contributed by atoms with van der Waals surface area (Å²) in [4.78, 5) is 4.06. The Labute approximate surface area is 89.6 Å². The molecule has 0 unspecified atom stereocenters. The molecule has 1 heterocycles. The smallest absolute Gasteiger partial charge is 0.148 e. The third-order valence-electron chi connectivity index (χ3n) is 2.10. The molecular weight excluding hydrogens is 186 g/mol. The lowest BCUT2D eigenvalue weighted by molar-refractivity contribution is 0.477. The van der Waals surface area contributed by atoms with Gasteiger partial charge >= 0.3 is 0 Å². The molecule has 0 spiro atoms. The number of nitrogens with zero attached hydrogens (tertiary/aromatic N) is 1. The highest BCUT2D eigenvalue weighted by Crippen LogP contribution is 2.23. The van der Waals surface area contributed by atoms with Crippen LogP contribution in [0.4, 0.5) is 0 Å². The van der Waals surface area contributed by atoms with Crippen molar-refractivity contribution in [3.8, 4) is 11.5 Å². The average Bonchev–Trinajstić information content (AvgIpc) is 2.25. The molecule has 0 bridgehead atoms. The molecule has 2 aromatic rings. The summed E-state index contributed by atoms with van der Waals surface area (Å²) in [5.74, 6) is 1.50. The maximum absolute atomic E-state index is 5.64. The number of pyridine rings is 1. The van der Waals surface area contributed by atoms with E-state index in [1.54, 1.807) is 6.20 Å². The van der Waals surface area contributed by atoms with Crippen molar-refractivity contribution in [1.82, 2.24) is 4.98 Å². The van der Waals surface area contributed by atoms with Crippen molar-refractivity contribution in [2.45, 2.75) is 6.92 Å². The Morgan fingerprint density at radius 3 is 2.53 bits per heavy atom. The summed E-state index contributed by atoms with van der Waals surface area (Å²) in [5.41, 5.74) is 1.86. The number of hydrogen-bond acceptors (Lipinski definition) is 2. The van der Waals surface area contributed by atoms with Gasteiger partial charge in [-0.05, 0) is 38.1 Å². The van der Waals surface area contributed by atoms with Crippen molar-refractivity contribution < 1.29 is 4.74 Å². The van der Waals surface area contributed by atoms with Gasteiger partial charge in [0.1, 0.15) is 11.5 Å². The quantitative estimate of drug-likeness (QED) is 0.738. The minimum atomic E-state index is 0.651. The molecule has 0 aliphatic heterocycles. The first-order chi connectivity index (χ1) is 7.25. The lowest BCUT2D eigenvalue weighted by atomic mass is 10.2. The zero-order chi connectivity index (χ0) is 10.7. The fraction of sp³-hybridized carbons (Fsp3) is 0.0769. The summed E-state index contributed by atoms with van der Waals surface area (Å²) < 4.78 is 5.64. The maximum Gasteiger partial charge on any atom is 0.148 e. The normalized spacial score (nSPS) is 10.0. The number of rotatable bonds is 2. The van der Waals surface area contributed by atoms with E-state index in [1.807, 2.05) is 43.3 Å². The van der Waals surface area contributed by atoms with Crippen LogP contribution in [0.5, 0.6) is 11.5 Å². The van der Waals surface area contributed by atoms with Crippen LogP contribution in [0.3, 0.4) is 0 Å². The van der Waals surface area contributed by atoms with E-state index < -0.39 is 0 Å². The minimum absolute atomic E-state index is 0.651. The van der Waals surface area contributed by atoms with E-state index in [-0.39, 0.29) is 0 Å². The first kappa shape index (κ1) is 9.71. The second kappa shape index (κ2) is 4.13. The molecule has 15 heavy (non-hydrogen) atoms. The Morgan fingerprint density at radius 1 is 1.13 bits per heavy atom. The van der Waals surface area contributed by atoms with E-state index in [4.69, 9.17) is 4.74 Å². The molecule has 2 nitrogen and oxygen atoms in total. The topological polar surface area (TPSA) is 22.1 Å². The largest absolute Gasteiger partial charge is 0.455 e. The summed E-state index contributed by atoms with van der Waals surface area (Å²) >= 11 is 0. The van der Waals surface area contributed by atoms with Gasteiger partial charge in [-0.2, -0.15) is 0 Å². The van der Waals surface area contributed by atoms with Gasteiger partial charge < -0.3 is 4.74 Å². The van der Waals surface area contributed by atoms with Crippen LogP contribution in [0.2, 0.25) is 0 Å². The van der Waals surface area contributed by atoms with E-state index in [1.165, 1.54) is 5.56 Å². The van der Waals surface area contributed by atoms with Gasteiger partial charge in [-0.3, -0.25) is 4.98 Å². The predicted molar refractivity (Wildman–Crippen MR) is 59.9 cm³/mol. The summed E-state index contributed by atoms with van der Waals surface area (Å²) in [7, 11) is 0. The van der Waals surface area contributed by atoms with E-state index in [0.717, 1.165) is 5.75 Å². The van der Waals surface area contributed by atoms with Gasteiger partial charge in [-0.15, -0.1) is 0 Å². The highest BCUT2D eigenvalue weighted by atomic mass is 16.5. The molecule has 0 N–H and O–H groups in total. The number of hydrogen-bond donors (Lipinski definition) is 0. The molecule has 0 saturated heterocycles. The Hall–Kier alpha value is -1.83. The highest BCUT2D eigenvalue weighted by Gasteiger charge is 2.00. The molecule has 0 amide bonds. The molecule has 2 rings (SSSR count). The second-order valence-corrected chi connectivity index (χ2v) is 3.36. The van der Waals surface area contributed by atoms with Crippen molar-refractivity contribution in [2.75, 3.05) is 0 Å². The van der Waals surface area contributed by atoms with Crippen LogP contribution in [-0.4, -0.2) is 4.98 Å². The van der Waals surface area contributed by atoms with Gasteiger partial charge in [0, 0.05) is 6.20 Å². The summed E-state index contributed by atoms with van der Waals surface area (Å²) in [5, 5.41) is 0. The molecule has 0 aliphatic rings. The third kappa shape index (κ3) is 2.34. The molecule has 75 valence electrons. The lowest BCUT2D eigenvalue weighted by Crippen LogP contribution is -1.89. The standard InChI is InChI=1S/C13H12NO/c1-10-5-7-12(8-6-10)15-13-4-3-9-14-11(13)2/h3-9H,2H2,1H3. The number of aromatic nitrogens is 1. The molecule has 0 aliphatic carbocycles. The van der Waals surface area contributed by atoms with Crippen LogP contribution in [-0.2, 0) is 0 Å². The molecule has 1 aromatic heterocycles. The molecule has 1 aromatic carbocycles. The van der Waals surface area contributed by atoms with Gasteiger partial charge in [0.25, 0.3) is 0 Å². The lowest BCUT2D eigenvalue weighted by Gasteiger charge is -2.07. The Morgan fingerprint density at radius 2 is 1.87 bits per heavy atom. The van der Waals surface area contributed by atoms with Crippen LogP contribution in [0.25, 0.3) is 0 Å². The summed E-state index contributed by atoms with van der Waals surface area (Å²) in [6.45, 7) is 5.84. The van der Waals surface area contributed by atoms with Crippen molar-refractivity contribution in [3.63, 3.8) is 0 Å². The zero-order valence-electron chi connectivity index (χ0n) is 8.60. The van der Waals surface area contributed by atoms with Crippen molar-refractivity contribution in [3.05, 3.63) is 60.8 Å². The summed E-state index contributed by atoms with van der Waals surface area (Å²) in [6, 6.07) is 11.6. The van der Waals surface area contributed by atoms with Crippen LogP contribution in [0.15, 0.2) is 42.6 Å². The van der Waals surface area contributed by atoms with Crippen LogP contribution in [0.1, 0.15) is 11.3 Å². The molecule has 2 heteroatoms. The van der Waals surface area contributed by atoms with Crippen molar-refractivity contribution >= 4 is 0 Å². The van der Waals surface area contributed by atoms with Gasteiger partial charge in [-0.1, -0.05) is 17.7 Å². The molecule has 1 radical (unpaired) electrons. The van der Waals surface area contributed by atoms with Crippen molar-refractivity contribution in [2.24, 2.45) is 0 Å². The molecule has 0 fully saturated rings. The van der Waals surface area contributed by atoms with Gasteiger partial charge in [0.15, 0.2) is 0 Å². The Kier molecular flexibility index (Phi) is 2.68. The van der Waals surface area contributed by atoms with E-state index in [9.17, 15) is 0 Å². The van der Waals surface area contributed by atoms with Gasteiger partial charge in [0.2, 0.25) is 0 Å². The second-order valence-electron chi connectivity index (χ2n) is 3.36.